The Morgan fingerprint density at radius 2 is 2.04 bits per heavy atom. The molecule has 24 heavy (non-hydrogen) atoms. The number of ketones is 1. The summed E-state index contributed by atoms with van der Waals surface area (Å²) >= 11 is 0. The number of benzene rings is 1. The summed E-state index contributed by atoms with van der Waals surface area (Å²) in [4.78, 5) is 26.3. The van der Waals surface area contributed by atoms with Crippen LogP contribution in [0.4, 0.5) is 0 Å². The second kappa shape index (κ2) is 7.31. The summed E-state index contributed by atoms with van der Waals surface area (Å²) in [5.74, 6) is -0.391. The molecule has 4 heteroatoms. The molecule has 0 amide bonds. The van der Waals surface area contributed by atoms with Crippen LogP contribution in [0.3, 0.4) is 0 Å². The topological polar surface area (TPSA) is 57.6 Å². The van der Waals surface area contributed by atoms with Crippen molar-refractivity contribution in [1.82, 2.24) is 4.90 Å². The number of aliphatic carboxylic acids is 1. The standard InChI is InChI=1S/C20H25NO3/c1-2-3-9-15-11-16-12-21(13-17(16)19(15)22)18(20(23)24)10-14-7-5-4-6-8-14/h4-8,11,16-18H,2-3,9-10,12-13H2,1H3,(H,23,24). The van der Waals surface area contributed by atoms with Gasteiger partial charge >= 0.3 is 5.97 Å². The molecule has 1 fully saturated rings. The Balaban J connectivity index is 1.69. The Hall–Kier alpha value is -1.94. The molecule has 1 aromatic rings. The van der Waals surface area contributed by atoms with Crippen LogP contribution in [0.2, 0.25) is 0 Å². The highest BCUT2D eigenvalue weighted by Gasteiger charge is 2.45. The van der Waals surface area contributed by atoms with Crippen molar-refractivity contribution < 1.29 is 14.7 Å². The number of hydrogen-bond acceptors (Lipinski definition) is 3. The SMILES string of the molecule is CCCCC1=CC2CN(C(Cc3ccccc3)C(=O)O)CC2C1=O. The molecule has 1 aliphatic heterocycles. The maximum Gasteiger partial charge on any atom is 0.321 e. The van der Waals surface area contributed by atoms with Crippen LogP contribution in [-0.2, 0) is 16.0 Å². The zero-order valence-electron chi connectivity index (χ0n) is 14.1. The Kier molecular flexibility index (Phi) is 5.14. The molecule has 0 saturated carbocycles. The van der Waals surface area contributed by atoms with Gasteiger partial charge in [-0.2, -0.15) is 0 Å². The molecule has 1 aliphatic carbocycles. The lowest BCUT2D eigenvalue weighted by atomic mass is 9.97. The van der Waals surface area contributed by atoms with E-state index in [1.807, 2.05) is 35.2 Å². The van der Waals surface area contributed by atoms with Crippen molar-refractivity contribution in [3.8, 4) is 0 Å². The molecule has 3 rings (SSSR count). The summed E-state index contributed by atoms with van der Waals surface area (Å²) in [5, 5.41) is 9.65. The second-order valence-electron chi connectivity index (χ2n) is 6.93. The van der Waals surface area contributed by atoms with Crippen molar-refractivity contribution in [2.75, 3.05) is 13.1 Å². The van der Waals surface area contributed by atoms with Gasteiger partial charge in [0.15, 0.2) is 5.78 Å². The largest absolute Gasteiger partial charge is 0.480 e. The minimum atomic E-state index is -0.804. The summed E-state index contributed by atoms with van der Waals surface area (Å²) in [6, 6.07) is 9.15. The van der Waals surface area contributed by atoms with E-state index in [0.29, 0.717) is 19.5 Å². The third-order valence-electron chi connectivity index (χ3n) is 5.26. The highest BCUT2D eigenvalue weighted by Crippen LogP contribution is 2.37. The van der Waals surface area contributed by atoms with Crippen molar-refractivity contribution in [3.05, 3.63) is 47.5 Å². The molecule has 0 aromatic heterocycles. The van der Waals surface area contributed by atoms with E-state index in [2.05, 4.69) is 13.0 Å². The van der Waals surface area contributed by atoms with E-state index in [0.717, 1.165) is 30.4 Å². The molecular weight excluding hydrogens is 302 g/mol. The molecule has 4 nitrogen and oxygen atoms in total. The Bertz CT molecular complexity index is 638. The Morgan fingerprint density at radius 1 is 1.29 bits per heavy atom. The lowest BCUT2D eigenvalue weighted by molar-refractivity contribution is -0.143. The number of carboxylic acid groups (broad SMARTS) is 1. The van der Waals surface area contributed by atoms with Crippen LogP contribution in [0.15, 0.2) is 42.0 Å². The molecule has 3 atom stereocenters. The van der Waals surface area contributed by atoms with E-state index >= 15 is 0 Å². The molecule has 0 radical (unpaired) electrons. The Labute approximate surface area is 143 Å². The number of unbranched alkanes of at least 4 members (excludes halogenated alkanes) is 1. The van der Waals surface area contributed by atoms with Crippen LogP contribution >= 0.6 is 0 Å². The molecule has 2 aliphatic rings. The fourth-order valence-electron chi connectivity index (χ4n) is 3.92. The molecule has 0 bridgehead atoms. The smallest absolute Gasteiger partial charge is 0.321 e. The summed E-state index contributed by atoms with van der Waals surface area (Å²) in [6.45, 7) is 3.37. The molecule has 3 unspecified atom stereocenters. The van der Waals surface area contributed by atoms with E-state index < -0.39 is 12.0 Å². The number of hydrogen-bond donors (Lipinski definition) is 1. The molecular formula is C20H25NO3. The van der Waals surface area contributed by atoms with Gasteiger partial charge in [0, 0.05) is 24.9 Å². The first-order valence-corrected chi connectivity index (χ1v) is 8.85. The molecule has 1 aromatic carbocycles. The lowest BCUT2D eigenvalue weighted by Gasteiger charge is -2.24. The highest BCUT2D eigenvalue weighted by atomic mass is 16.4. The third kappa shape index (κ3) is 3.44. The number of carbonyl (C=O) groups is 2. The average molecular weight is 327 g/mol. The number of carboxylic acids is 1. The first-order chi connectivity index (χ1) is 11.6. The van der Waals surface area contributed by atoms with Crippen molar-refractivity contribution >= 4 is 11.8 Å². The van der Waals surface area contributed by atoms with Crippen molar-refractivity contribution in [1.29, 1.82) is 0 Å². The van der Waals surface area contributed by atoms with Gasteiger partial charge in [0.1, 0.15) is 6.04 Å². The van der Waals surface area contributed by atoms with Crippen LogP contribution in [0.25, 0.3) is 0 Å². The van der Waals surface area contributed by atoms with Gasteiger partial charge in [-0.25, -0.2) is 0 Å². The van der Waals surface area contributed by atoms with Crippen LogP contribution < -0.4 is 0 Å². The molecule has 1 saturated heterocycles. The molecule has 1 heterocycles. The quantitative estimate of drug-likeness (QED) is 0.836. The predicted octanol–water partition coefficient (Wildman–Crippen LogP) is 2.93. The van der Waals surface area contributed by atoms with Gasteiger partial charge in [-0.05, 0) is 30.4 Å². The number of nitrogens with zero attached hydrogens (tertiary/aromatic N) is 1. The van der Waals surface area contributed by atoms with Crippen molar-refractivity contribution in [3.63, 3.8) is 0 Å². The van der Waals surface area contributed by atoms with Crippen LogP contribution in [0, 0.1) is 11.8 Å². The summed E-state index contributed by atoms with van der Waals surface area (Å²) in [7, 11) is 0. The number of likely N-dealkylation sites (tertiary alicyclic amines) is 1. The second-order valence-corrected chi connectivity index (χ2v) is 6.93. The minimum absolute atomic E-state index is 0.0329. The number of allylic oxidation sites excluding steroid dienone is 1. The number of rotatable bonds is 7. The van der Waals surface area contributed by atoms with Gasteiger partial charge in [-0.1, -0.05) is 49.8 Å². The van der Waals surface area contributed by atoms with Gasteiger partial charge in [-0.15, -0.1) is 0 Å². The minimum Gasteiger partial charge on any atom is -0.480 e. The van der Waals surface area contributed by atoms with E-state index in [1.165, 1.54) is 0 Å². The number of carbonyl (C=O) groups excluding carboxylic acids is 1. The zero-order valence-corrected chi connectivity index (χ0v) is 14.1. The van der Waals surface area contributed by atoms with Crippen molar-refractivity contribution in [2.45, 2.75) is 38.6 Å². The summed E-state index contributed by atoms with van der Waals surface area (Å²) in [5.41, 5.74) is 1.99. The predicted molar refractivity (Wildman–Crippen MR) is 92.7 cm³/mol. The maximum absolute atomic E-state index is 12.5. The van der Waals surface area contributed by atoms with Gasteiger partial charge in [0.05, 0.1) is 0 Å². The molecule has 128 valence electrons. The van der Waals surface area contributed by atoms with E-state index in [4.69, 9.17) is 0 Å². The zero-order chi connectivity index (χ0) is 17.1. The van der Waals surface area contributed by atoms with Crippen LogP contribution in [-0.4, -0.2) is 40.9 Å². The molecule has 0 spiro atoms. The monoisotopic (exact) mass is 327 g/mol. The van der Waals surface area contributed by atoms with Crippen molar-refractivity contribution in [2.24, 2.45) is 11.8 Å². The Morgan fingerprint density at radius 3 is 2.67 bits per heavy atom. The lowest BCUT2D eigenvalue weighted by Crippen LogP contribution is -2.42. The van der Waals surface area contributed by atoms with E-state index in [1.54, 1.807) is 0 Å². The first-order valence-electron chi connectivity index (χ1n) is 8.85. The van der Waals surface area contributed by atoms with Gasteiger partial charge in [-0.3, -0.25) is 14.5 Å². The summed E-state index contributed by atoms with van der Waals surface area (Å²) < 4.78 is 0. The van der Waals surface area contributed by atoms with Crippen LogP contribution in [0.5, 0.6) is 0 Å². The van der Waals surface area contributed by atoms with E-state index in [9.17, 15) is 14.7 Å². The summed E-state index contributed by atoms with van der Waals surface area (Å²) in [6.07, 6.45) is 5.60. The van der Waals surface area contributed by atoms with E-state index in [-0.39, 0.29) is 17.6 Å². The average Bonchev–Trinajstić information content (AvgIpc) is 3.11. The number of Topliss-reactive ketones (excluding diaryl/α,β-unsaturated/α-hetero) is 1. The van der Waals surface area contributed by atoms with Gasteiger partial charge in [0.25, 0.3) is 0 Å². The first kappa shape index (κ1) is 16.9. The van der Waals surface area contributed by atoms with Crippen LogP contribution in [0.1, 0.15) is 31.7 Å². The highest BCUT2D eigenvalue weighted by molar-refractivity contribution is 6.00. The maximum atomic E-state index is 12.5. The normalized spacial score (nSPS) is 24.7. The van der Waals surface area contributed by atoms with Gasteiger partial charge < -0.3 is 5.11 Å². The fraction of sp³-hybridized carbons (Fsp3) is 0.500. The van der Waals surface area contributed by atoms with Gasteiger partial charge in [0.2, 0.25) is 0 Å². The molecule has 1 N–H and O–H groups in total. The number of fused-ring (bicyclic) bond motifs is 1. The fourth-order valence-corrected chi connectivity index (χ4v) is 3.92. The third-order valence-corrected chi connectivity index (χ3v) is 5.26.